The Bertz CT molecular complexity index is 1020. The molecule has 2 heterocycles. The highest BCUT2D eigenvalue weighted by molar-refractivity contribution is 6.35. The molecule has 4 rings (SSSR count). The Hall–Kier alpha value is -2.90. The molecule has 0 fully saturated rings. The quantitative estimate of drug-likeness (QED) is 0.646. The fraction of sp³-hybridized carbons (Fsp3) is 0.158. The molecule has 0 atom stereocenters. The average molecular weight is 421 g/mol. The predicted molar refractivity (Wildman–Crippen MR) is 102 cm³/mol. The van der Waals surface area contributed by atoms with E-state index in [1.165, 1.54) is 0 Å². The summed E-state index contributed by atoms with van der Waals surface area (Å²) in [5.41, 5.74) is 1.38. The minimum absolute atomic E-state index is 0.186. The second-order valence-electron chi connectivity index (χ2n) is 5.89. The van der Waals surface area contributed by atoms with Gasteiger partial charge in [0.15, 0.2) is 23.9 Å². The lowest BCUT2D eigenvalue weighted by atomic mass is 10.1. The first-order chi connectivity index (χ1) is 13.6. The van der Waals surface area contributed by atoms with E-state index in [9.17, 15) is 4.79 Å². The van der Waals surface area contributed by atoms with Crippen molar-refractivity contribution in [3.63, 3.8) is 0 Å². The summed E-state index contributed by atoms with van der Waals surface area (Å²) in [7, 11) is 0. The molecule has 9 heteroatoms. The number of nitrogens with zero attached hydrogens (tertiary/aromatic N) is 1. The lowest BCUT2D eigenvalue weighted by molar-refractivity contribution is -0.123. The van der Waals surface area contributed by atoms with Crippen LogP contribution in [0.3, 0.4) is 0 Å². The van der Waals surface area contributed by atoms with Gasteiger partial charge in [-0.05, 0) is 36.4 Å². The lowest BCUT2D eigenvalue weighted by Gasteiger charge is -2.08. The predicted octanol–water partition coefficient (Wildman–Crippen LogP) is 4.07. The van der Waals surface area contributed by atoms with E-state index in [1.54, 1.807) is 30.3 Å². The number of ether oxygens (including phenoxy) is 3. The zero-order valence-corrected chi connectivity index (χ0v) is 15.9. The van der Waals surface area contributed by atoms with Crippen molar-refractivity contribution < 1.29 is 23.5 Å². The van der Waals surface area contributed by atoms with Crippen molar-refractivity contribution in [2.45, 2.75) is 6.54 Å². The van der Waals surface area contributed by atoms with Crippen LogP contribution in [0.4, 0.5) is 0 Å². The molecular formula is C19H14Cl2N2O5. The minimum atomic E-state index is -0.321. The number of hydrogen-bond donors (Lipinski definition) is 1. The van der Waals surface area contributed by atoms with Gasteiger partial charge in [-0.15, -0.1) is 0 Å². The van der Waals surface area contributed by atoms with Gasteiger partial charge in [0.05, 0.1) is 11.6 Å². The van der Waals surface area contributed by atoms with Gasteiger partial charge in [0.2, 0.25) is 6.79 Å². The van der Waals surface area contributed by atoms with E-state index in [0.29, 0.717) is 38.7 Å². The number of fused-ring (bicyclic) bond motifs is 1. The molecule has 0 bridgehead atoms. The Labute approximate surface area is 170 Å². The maximum Gasteiger partial charge on any atom is 0.258 e. The van der Waals surface area contributed by atoms with Crippen LogP contribution in [0.1, 0.15) is 5.69 Å². The van der Waals surface area contributed by atoms with Gasteiger partial charge in [-0.2, -0.15) is 0 Å². The summed E-state index contributed by atoms with van der Waals surface area (Å²) < 4.78 is 21.4. The Balaban J connectivity index is 1.31. The number of hydrogen-bond acceptors (Lipinski definition) is 6. The fourth-order valence-electron chi connectivity index (χ4n) is 2.56. The van der Waals surface area contributed by atoms with Crippen LogP contribution >= 0.6 is 23.2 Å². The molecule has 0 saturated heterocycles. The zero-order chi connectivity index (χ0) is 19.5. The summed E-state index contributed by atoms with van der Waals surface area (Å²) >= 11 is 11.8. The molecule has 1 aliphatic heterocycles. The first-order valence-electron chi connectivity index (χ1n) is 8.28. The Kier molecular flexibility index (Phi) is 5.27. The van der Waals surface area contributed by atoms with Crippen LogP contribution in [-0.4, -0.2) is 24.5 Å². The highest BCUT2D eigenvalue weighted by Crippen LogP contribution is 2.36. The lowest BCUT2D eigenvalue weighted by Crippen LogP contribution is -2.28. The van der Waals surface area contributed by atoms with Gasteiger partial charge >= 0.3 is 0 Å². The van der Waals surface area contributed by atoms with Gasteiger partial charge in [-0.3, -0.25) is 4.79 Å². The van der Waals surface area contributed by atoms with Gasteiger partial charge in [-0.1, -0.05) is 28.4 Å². The molecule has 0 spiro atoms. The van der Waals surface area contributed by atoms with E-state index >= 15 is 0 Å². The van der Waals surface area contributed by atoms with Crippen LogP contribution in [0.25, 0.3) is 11.3 Å². The van der Waals surface area contributed by atoms with Crippen LogP contribution < -0.4 is 19.5 Å². The second kappa shape index (κ2) is 8.00. The number of rotatable bonds is 6. The monoisotopic (exact) mass is 420 g/mol. The Morgan fingerprint density at radius 3 is 2.82 bits per heavy atom. The van der Waals surface area contributed by atoms with Crippen molar-refractivity contribution in [2.24, 2.45) is 0 Å². The number of carbonyl (C=O) groups is 1. The van der Waals surface area contributed by atoms with Gasteiger partial charge < -0.3 is 24.1 Å². The zero-order valence-electron chi connectivity index (χ0n) is 14.4. The third kappa shape index (κ3) is 4.16. The summed E-state index contributed by atoms with van der Waals surface area (Å²) in [6.45, 7) is 0.217. The highest BCUT2D eigenvalue weighted by Gasteiger charge is 2.16. The van der Waals surface area contributed by atoms with Crippen molar-refractivity contribution >= 4 is 29.1 Å². The normalized spacial score (nSPS) is 12.1. The number of nitrogens with one attached hydrogen (secondary N) is 1. The summed E-state index contributed by atoms with van der Waals surface area (Å²) in [5.74, 6) is 1.97. The molecular weight excluding hydrogens is 407 g/mol. The molecule has 0 saturated carbocycles. The molecule has 7 nitrogen and oxygen atoms in total. The van der Waals surface area contributed by atoms with Crippen LogP contribution in [0.15, 0.2) is 47.0 Å². The summed E-state index contributed by atoms with van der Waals surface area (Å²) in [6, 6.07) is 12.0. The van der Waals surface area contributed by atoms with Gasteiger partial charge in [-0.25, -0.2) is 0 Å². The Morgan fingerprint density at radius 1 is 1.11 bits per heavy atom. The summed E-state index contributed by atoms with van der Waals surface area (Å²) in [5, 5.41) is 7.50. The first-order valence-corrected chi connectivity index (χ1v) is 9.04. The summed E-state index contributed by atoms with van der Waals surface area (Å²) in [4.78, 5) is 12.0. The van der Waals surface area contributed by atoms with Crippen molar-refractivity contribution in [1.82, 2.24) is 10.5 Å². The van der Waals surface area contributed by atoms with Gasteiger partial charge in [0.25, 0.3) is 5.91 Å². The van der Waals surface area contributed by atoms with Crippen LogP contribution in [0.2, 0.25) is 10.0 Å². The maximum absolute atomic E-state index is 12.0. The Morgan fingerprint density at radius 2 is 1.96 bits per heavy atom. The van der Waals surface area contributed by atoms with Crippen molar-refractivity contribution in [1.29, 1.82) is 0 Å². The molecule has 0 aliphatic carbocycles. The van der Waals surface area contributed by atoms with E-state index in [4.69, 9.17) is 41.9 Å². The standard InChI is InChI=1S/C19H14Cl2N2O5/c20-12-2-4-15(14(21)6-12)25-9-19(24)22-8-13-7-17(28-23-13)11-1-3-16-18(5-11)27-10-26-16/h1-7H,8-10H2,(H,22,24). The van der Waals surface area contributed by atoms with E-state index in [1.807, 2.05) is 12.1 Å². The fourth-order valence-corrected chi connectivity index (χ4v) is 3.02. The largest absolute Gasteiger partial charge is 0.482 e. The molecule has 0 radical (unpaired) electrons. The molecule has 0 unspecified atom stereocenters. The van der Waals surface area contributed by atoms with E-state index in [-0.39, 0.29) is 25.9 Å². The number of benzene rings is 2. The second-order valence-corrected chi connectivity index (χ2v) is 6.73. The SMILES string of the molecule is O=C(COc1ccc(Cl)cc1Cl)NCc1cc(-c2ccc3c(c2)OCO3)on1. The smallest absolute Gasteiger partial charge is 0.258 e. The third-order valence-corrected chi connectivity index (χ3v) is 4.47. The van der Waals surface area contributed by atoms with Crippen LogP contribution in [0, 0.1) is 0 Å². The maximum atomic E-state index is 12.0. The van der Waals surface area contributed by atoms with Crippen molar-refractivity contribution in [2.75, 3.05) is 13.4 Å². The number of carbonyl (C=O) groups excluding carboxylic acids is 1. The van der Waals surface area contributed by atoms with Crippen molar-refractivity contribution in [3.8, 4) is 28.6 Å². The topological polar surface area (TPSA) is 82.8 Å². The van der Waals surface area contributed by atoms with Gasteiger partial charge in [0.1, 0.15) is 11.4 Å². The number of aromatic nitrogens is 1. The van der Waals surface area contributed by atoms with E-state index < -0.39 is 0 Å². The molecule has 1 N–H and O–H groups in total. The molecule has 1 aliphatic rings. The number of halogens is 2. The van der Waals surface area contributed by atoms with Crippen LogP contribution in [0.5, 0.6) is 17.2 Å². The van der Waals surface area contributed by atoms with Crippen LogP contribution in [-0.2, 0) is 11.3 Å². The number of amides is 1. The summed E-state index contributed by atoms with van der Waals surface area (Å²) in [6.07, 6.45) is 0. The molecule has 144 valence electrons. The molecule has 2 aromatic carbocycles. The van der Waals surface area contributed by atoms with Gasteiger partial charge in [0, 0.05) is 16.7 Å². The molecule has 28 heavy (non-hydrogen) atoms. The average Bonchev–Trinajstić information content (AvgIpc) is 3.34. The third-order valence-electron chi connectivity index (χ3n) is 3.94. The minimum Gasteiger partial charge on any atom is -0.482 e. The highest BCUT2D eigenvalue weighted by atomic mass is 35.5. The molecule has 3 aromatic rings. The van der Waals surface area contributed by atoms with E-state index in [0.717, 1.165) is 5.56 Å². The van der Waals surface area contributed by atoms with Crippen molar-refractivity contribution in [3.05, 3.63) is 58.2 Å². The molecule has 1 amide bonds. The first kappa shape index (κ1) is 18.5. The van der Waals surface area contributed by atoms with E-state index in [2.05, 4.69) is 10.5 Å². The molecule has 1 aromatic heterocycles.